The van der Waals surface area contributed by atoms with Crippen molar-refractivity contribution in [3.05, 3.63) is 42.5 Å². The van der Waals surface area contributed by atoms with Gasteiger partial charge in [-0.2, -0.15) is 0 Å². The summed E-state index contributed by atoms with van der Waals surface area (Å²) in [7, 11) is 0. The second kappa shape index (κ2) is 7.90. The lowest BCUT2D eigenvalue weighted by Crippen LogP contribution is -2.17. The summed E-state index contributed by atoms with van der Waals surface area (Å²) in [6.45, 7) is 0.629. The molecule has 1 aromatic heterocycles. The van der Waals surface area contributed by atoms with E-state index >= 15 is 0 Å². The number of rotatable bonds is 6. The van der Waals surface area contributed by atoms with Gasteiger partial charge in [0.1, 0.15) is 0 Å². The van der Waals surface area contributed by atoms with Crippen LogP contribution in [0.1, 0.15) is 12.8 Å². The summed E-state index contributed by atoms with van der Waals surface area (Å²) in [4.78, 5) is 26.8. The fourth-order valence-corrected chi connectivity index (χ4v) is 2.76. The first-order valence-electron chi connectivity index (χ1n) is 8.49. The number of aromatic amines is 1. The van der Waals surface area contributed by atoms with Crippen molar-refractivity contribution in [1.82, 2.24) is 0 Å². The molecule has 1 heterocycles. The van der Waals surface area contributed by atoms with Gasteiger partial charge in [0.15, 0.2) is 0 Å². The maximum atomic E-state index is 11.7. The van der Waals surface area contributed by atoms with Gasteiger partial charge in [-0.05, 0) is 30.3 Å². The number of carbonyl (C=O) groups is 2. The van der Waals surface area contributed by atoms with Gasteiger partial charge in [-0.15, -0.1) is 0 Å². The van der Waals surface area contributed by atoms with Crippen LogP contribution in [0.3, 0.4) is 0 Å². The zero-order chi connectivity index (χ0) is 18.5. The van der Waals surface area contributed by atoms with E-state index in [1.54, 1.807) is 0 Å². The highest BCUT2D eigenvalue weighted by atomic mass is 16.2. The van der Waals surface area contributed by atoms with Gasteiger partial charge in [0.25, 0.3) is 0 Å². The highest BCUT2D eigenvalue weighted by Gasteiger charge is 2.10. The fraction of sp³-hybridized carbons (Fsp3) is 0.211. The van der Waals surface area contributed by atoms with Crippen molar-refractivity contribution in [3.63, 3.8) is 0 Å². The molecule has 0 aliphatic carbocycles. The minimum absolute atomic E-state index is 0.113. The SMILES string of the molecule is NCCC(=O)Nc1ccc2cc3ccc(NC(=O)CCN)cc3[nH+]c2c1. The van der Waals surface area contributed by atoms with E-state index in [0.717, 1.165) is 21.8 Å². The number of H-pyrrole nitrogens is 1. The molecular formula is C19H22N5O2+. The summed E-state index contributed by atoms with van der Waals surface area (Å²) >= 11 is 0. The molecular weight excluding hydrogens is 330 g/mol. The van der Waals surface area contributed by atoms with Gasteiger partial charge in [-0.3, -0.25) is 9.59 Å². The van der Waals surface area contributed by atoms with Crippen LogP contribution in [0.2, 0.25) is 0 Å². The Balaban J connectivity index is 1.92. The molecule has 0 spiro atoms. The molecule has 0 atom stereocenters. The molecule has 0 aliphatic heterocycles. The summed E-state index contributed by atoms with van der Waals surface area (Å²) in [5.41, 5.74) is 14.0. The van der Waals surface area contributed by atoms with E-state index in [2.05, 4.69) is 21.7 Å². The molecule has 7 N–H and O–H groups in total. The van der Waals surface area contributed by atoms with E-state index in [-0.39, 0.29) is 24.7 Å². The van der Waals surface area contributed by atoms with Gasteiger partial charge in [0.2, 0.25) is 22.8 Å². The molecule has 0 saturated heterocycles. The van der Waals surface area contributed by atoms with E-state index in [0.29, 0.717) is 24.5 Å². The molecule has 26 heavy (non-hydrogen) atoms. The minimum Gasteiger partial charge on any atom is -0.330 e. The normalized spacial score (nSPS) is 10.8. The lowest BCUT2D eigenvalue weighted by molar-refractivity contribution is -0.310. The topological polar surface area (TPSA) is 124 Å². The van der Waals surface area contributed by atoms with E-state index in [1.165, 1.54) is 0 Å². The third-order valence-electron chi connectivity index (χ3n) is 4.00. The average Bonchev–Trinajstić information content (AvgIpc) is 2.60. The first-order valence-corrected chi connectivity index (χ1v) is 8.49. The number of benzene rings is 2. The van der Waals surface area contributed by atoms with Crippen LogP contribution in [0.25, 0.3) is 21.8 Å². The molecule has 0 aliphatic rings. The van der Waals surface area contributed by atoms with Gasteiger partial charge < -0.3 is 22.1 Å². The predicted octanol–water partition coefficient (Wildman–Crippen LogP) is 1.38. The van der Waals surface area contributed by atoms with Crippen LogP contribution >= 0.6 is 0 Å². The molecule has 0 fully saturated rings. The molecule has 7 nitrogen and oxygen atoms in total. The summed E-state index contributed by atoms with van der Waals surface area (Å²) < 4.78 is 0. The Morgan fingerprint density at radius 3 is 1.65 bits per heavy atom. The lowest BCUT2D eigenvalue weighted by atomic mass is 10.1. The van der Waals surface area contributed by atoms with Crippen molar-refractivity contribution < 1.29 is 14.6 Å². The molecule has 134 valence electrons. The average molecular weight is 352 g/mol. The lowest BCUT2D eigenvalue weighted by Gasteiger charge is -2.06. The maximum Gasteiger partial charge on any atom is 0.225 e. The number of anilines is 2. The smallest absolute Gasteiger partial charge is 0.225 e. The second-order valence-corrected chi connectivity index (χ2v) is 6.05. The van der Waals surface area contributed by atoms with Crippen molar-refractivity contribution >= 4 is 45.0 Å². The Labute approximate surface area is 150 Å². The predicted molar refractivity (Wildman–Crippen MR) is 103 cm³/mol. The summed E-state index contributed by atoms with van der Waals surface area (Å²) in [6, 6.07) is 13.4. The van der Waals surface area contributed by atoms with Crippen molar-refractivity contribution in [2.45, 2.75) is 12.8 Å². The van der Waals surface area contributed by atoms with Crippen LogP contribution < -0.4 is 27.1 Å². The van der Waals surface area contributed by atoms with Gasteiger partial charge in [-0.1, -0.05) is 0 Å². The zero-order valence-corrected chi connectivity index (χ0v) is 14.3. The Morgan fingerprint density at radius 1 is 0.769 bits per heavy atom. The highest BCUT2D eigenvalue weighted by Crippen LogP contribution is 2.22. The molecule has 0 unspecified atom stereocenters. The monoisotopic (exact) mass is 352 g/mol. The standard InChI is InChI=1S/C19H21N5O2/c20-7-5-18(25)22-14-3-1-12-9-13-2-4-15(23-19(26)6-8-21)11-17(13)24-16(12)10-14/h1-4,9-11H,5-8,20-21H2,(H,22,25)(H,23,26)/p+1. The van der Waals surface area contributed by atoms with Gasteiger partial charge >= 0.3 is 0 Å². The highest BCUT2D eigenvalue weighted by molar-refractivity contribution is 5.96. The Kier molecular flexibility index (Phi) is 5.40. The minimum atomic E-state index is -0.113. The number of carbonyl (C=O) groups excluding carboxylic acids is 2. The summed E-state index contributed by atoms with van der Waals surface area (Å²) in [5.74, 6) is -0.227. The van der Waals surface area contributed by atoms with Crippen molar-refractivity contribution in [3.8, 4) is 0 Å². The van der Waals surface area contributed by atoms with Crippen molar-refractivity contribution in [1.29, 1.82) is 0 Å². The van der Waals surface area contributed by atoms with E-state index in [1.807, 2.05) is 36.4 Å². The van der Waals surface area contributed by atoms with Crippen LogP contribution in [0.4, 0.5) is 11.4 Å². The van der Waals surface area contributed by atoms with Crippen LogP contribution in [0.5, 0.6) is 0 Å². The number of fused-ring (bicyclic) bond motifs is 2. The molecule has 0 saturated carbocycles. The first kappa shape index (κ1) is 17.8. The van der Waals surface area contributed by atoms with Gasteiger partial charge in [-0.25, -0.2) is 4.98 Å². The number of hydrogen-bond acceptors (Lipinski definition) is 4. The largest absolute Gasteiger partial charge is 0.330 e. The van der Waals surface area contributed by atoms with E-state index < -0.39 is 0 Å². The van der Waals surface area contributed by atoms with E-state index in [9.17, 15) is 9.59 Å². The number of hydrogen-bond donors (Lipinski definition) is 4. The van der Waals surface area contributed by atoms with Gasteiger partial charge in [0, 0.05) is 60.2 Å². The molecule has 2 amide bonds. The van der Waals surface area contributed by atoms with Crippen molar-refractivity contribution in [2.24, 2.45) is 11.5 Å². The molecule has 3 aromatic rings. The second-order valence-electron chi connectivity index (χ2n) is 6.05. The molecule has 7 heteroatoms. The number of aromatic nitrogens is 1. The Bertz CT molecular complexity index is 896. The third-order valence-corrected chi connectivity index (χ3v) is 4.00. The van der Waals surface area contributed by atoms with Crippen LogP contribution in [-0.4, -0.2) is 24.9 Å². The molecule has 0 bridgehead atoms. The maximum absolute atomic E-state index is 11.7. The Morgan fingerprint density at radius 2 is 1.23 bits per heavy atom. The fourth-order valence-electron chi connectivity index (χ4n) is 2.76. The number of nitrogens with two attached hydrogens (primary N) is 2. The van der Waals surface area contributed by atoms with Crippen LogP contribution in [0.15, 0.2) is 42.5 Å². The number of amides is 2. The zero-order valence-electron chi connectivity index (χ0n) is 14.3. The molecule has 3 rings (SSSR count). The number of pyridine rings is 1. The summed E-state index contributed by atoms with van der Waals surface area (Å²) in [6.07, 6.45) is 0.566. The Hall–Kier alpha value is -3.03. The third kappa shape index (κ3) is 4.14. The van der Waals surface area contributed by atoms with E-state index in [4.69, 9.17) is 11.5 Å². The molecule has 0 radical (unpaired) electrons. The van der Waals surface area contributed by atoms with Gasteiger partial charge in [0.05, 0.1) is 0 Å². The van der Waals surface area contributed by atoms with Crippen molar-refractivity contribution in [2.75, 3.05) is 23.7 Å². The molecule has 2 aromatic carbocycles. The number of nitrogens with one attached hydrogen (secondary N) is 3. The van der Waals surface area contributed by atoms with Crippen LogP contribution in [0, 0.1) is 0 Å². The first-order chi connectivity index (χ1) is 12.6. The van der Waals surface area contributed by atoms with Crippen LogP contribution in [-0.2, 0) is 9.59 Å². The quantitative estimate of drug-likeness (QED) is 0.500. The summed E-state index contributed by atoms with van der Waals surface area (Å²) in [5, 5.41) is 7.70.